The van der Waals surface area contributed by atoms with E-state index in [9.17, 15) is 27.6 Å². The quantitative estimate of drug-likeness (QED) is 0.418. The molecule has 2 amide bonds. The molecule has 0 unspecified atom stereocenters. The number of nitrogens with zero attached hydrogens (tertiary/aromatic N) is 4. The first kappa shape index (κ1) is 27.7. The second kappa shape index (κ2) is 10.3. The lowest BCUT2D eigenvalue weighted by molar-refractivity contribution is -0.153. The van der Waals surface area contributed by atoms with Crippen LogP contribution in [0.5, 0.6) is 0 Å². The molecule has 1 spiro atoms. The Morgan fingerprint density at radius 2 is 1.78 bits per heavy atom. The van der Waals surface area contributed by atoms with Gasteiger partial charge in [0.2, 0.25) is 5.91 Å². The van der Waals surface area contributed by atoms with Gasteiger partial charge in [0.05, 0.1) is 43.1 Å². The predicted octanol–water partition coefficient (Wildman–Crippen LogP) is 4.23. The molecular weight excluding hydrogens is 537 g/mol. The number of rotatable bonds is 6. The van der Waals surface area contributed by atoms with Gasteiger partial charge in [-0.3, -0.25) is 14.5 Å². The second-order valence-corrected chi connectivity index (χ2v) is 10.2. The summed E-state index contributed by atoms with van der Waals surface area (Å²) in [4.78, 5) is 44.0. The van der Waals surface area contributed by atoms with Crippen molar-refractivity contribution in [1.29, 1.82) is 5.26 Å². The average Bonchev–Trinajstić information content (AvgIpc) is 2.93. The van der Waals surface area contributed by atoms with E-state index in [0.29, 0.717) is 16.8 Å². The summed E-state index contributed by atoms with van der Waals surface area (Å²) in [5, 5.41) is 9.10. The molecule has 2 fully saturated rings. The van der Waals surface area contributed by atoms with Gasteiger partial charge in [0, 0.05) is 24.7 Å². The minimum Gasteiger partial charge on any atom is -0.465 e. The Kier molecular flexibility index (Phi) is 6.95. The number of alkyl halides is 2. The Hall–Kier alpha value is -4.85. The zero-order chi connectivity index (χ0) is 29.5. The van der Waals surface area contributed by atoms with E-state index in [1.165, 1.54) is 48.4 Å². The molecule has 0 N–H and O–H groups in total. The van der Waals surface area contributed by atoms with E-state index in [0.717, 1.165) is 17.9 Å². The number of anilines is 2. The number of hydrogen-bond donors (Lipinski definition) is 0. The van der Waals surface area contributed by atoms with E-state index in [4.69, 9.17) is 10.00 Å². The van der Waals surface area contributed by atoms with Crippen LogP contribution in [0.2, 0.25) is 0 Å². The number of nitriles is 1. The zero-order valence-electron chi connectivity index (χ0n) is 22.2. The van der Waals surface area contributed by atoms with Crippen LogP contribution in [-0.4, -0.2) is 55.0 Å². The maximum atomic E-state index is 15.0. The van der Waals surface area contributed by atoms with Crippen LogP contribution < -0.4 is 9.80 Å². The van der Waals surface area contributed by atoms with Crippen LogP contribution in [0.3, 0.4) is 0 Å². The Morgan fingerprint density at radius 3 is 2.39 bits per heavy atom. The lowest BCUT2D eigenvalue weighted by Crippen LogP contribution is -2.81. The summed E-state index contributed by atoms with van der Waals surface area (Å²) >= 11 is 0. The first-order valence-corrected chi connectivity index (χ1v) is 12.7. The van der Waals surface area contributed by atoms with Crippen molar-refractivity contribution in [2.24, 2.45) is 0 Å². The summed E-state index contributed by atoms with van der Waals surface area (Å²) in [6.45, 7) is 0.411. The maximum Gasteiger partial charge on any atom is 0.337 e. The van der Waals surface area contributed by atoms with Gasteiger partial charge in [-0.1, -0.05) is 30.3 Å². The number of hydrogen-bond acceptors (Lipinski definition) is 6. The van der Waals surface area contributed by atoms with Gasteiger partial charge < -0.3 is 14.5 Å². The highest BCUT2D eigenvalue weighted by atomic mass is 19.3. The highest BCUT2D eigenvalue weighted by Crippen LogP contribution is 2.40. The van der Waals surface area contributed by atoms with Gasteiger partial charge in [-0.05, 0) is 42.0 Å². The number of esters is 1. The third kappa shape index (κ3) is 4.97. The fourth-order valence-electron chi connectivity index (χ4n) is 5.23. The van der Waals surface area contributed by atoms with E-state index in [-0.39, 0.29) is 36.4 Å². The smallest absolute Gasteiger partial charge is 0.337 e. The van der Waals surface area contributed by atoms with E-state index in [1.807, 2.05) is 11.0 Å². The Bertz CT molecular complexity index is 1570. The van der Waals surface area contributed by atoms with Crippen molar-refractivity contribution in [2.45, 2.75) is 24.9 Å². The number of amides is 2. The largest absolute Gasteiger partial charge is 0.465 e. The summed E-state index contributed by atoms with van der Waals surface area (Å²) in [6.07, 6.45) is 0. The number of benzene rings is 3. The van der Waals surface area contributed by atoms with Gasteiger partial charge in [0.25, 0.3) is 11.8 Å². The van der Waals surface area contributed by atoms with E-state index in [2.05, 4.69) is 0 Å². The number of carbonyl (C=O) groups excluding carboxylic acids is 3. The average molecular weight is 563 g/mol. The minimum atomic E-state index is -3.03. The number of piperazine rings is 1. The monoisotopic (exact) mass is 562 g/mol. The molecule has 3 aromatic rings. The SMILES string of the molecule is COC(=O)c1cccc(N2CC3(C2)C(=O)N(c2ccc(C#N)cc2F)CC(=O)N3Cc2ccc(C(C)(F)F)cc2)c1. The van der Waals surface area contributed by atoms with Gasteiger partial charge in [0.15, 0.2) is 5.54 Å². The molecule has 2 aliphatic heterocycles. The van der Waals surface area contributed by atoms with Gasteiger partial charge >= 0.3 is 5.97 Å². The van der Waals surface area contributed by atoms with Crippen molar-refractivity contribution < 1.29 is 32.3 Å². The van der Waals surface area contributed by atoms with Crippen molar-refractivity contribution in [2.75, 3.05) is 36.5 Å². The summed E-state index contributed by atoms with van der Waals surface area (Å²) in [6, 6.07) is 17.7. The molecule has 0 radical (unpaired) electrons. The van der Waals surface area contributed by atoms with Crippen LogP contribution in [0, 0.1) is 17.1 Å². The van der Waals surface area contributed by atoms with Crippen LogP contribution in [-0.2, 0) is 26.8 Å². The van der Waals surface area contributed by atoms with Crippen LogP contribution in [0.25, 0.3) is 0 Å². The van der Waals surface area contributed by atoms with Crippen molar-refractivity contribution in [3.63, 3.8) is 0 Å². The van der Waals surface area contributed by atoms with Crippen LogP contribution in [0.1, 0.15) is 34.0 Å². The molecule has 0 aliphatic carbocycles. The van der Waals surface area contributed by atoms with Gasteiger partial charge in [-0.15, -0.1) is 0 Å². The highest BCUT2D eigenvalue weighted by Gasteiger charge is 2.60. The molecule has 41 heavy (non-hydrogen) atoms. The molecule has 210 valence electrons. The fraction of sp³-hybridized carbons (Fsp3) is 0.267. The number of ether oxygens (including phenoxy) is 1. The fourth-order valence-corrected chi connectivity index (χ4v) is 5.23. The van der Waals surface area contributed by atoms with E-state index < -0.39 is 41.6 Å². The molecule has 0 aromatic heterocycles. The molecule has 2 saturated heterocycles. The standard InChI is InChI=1S/C30H25F3N4O4/c1-29(32,33)22-9-6-19(7-10-22)15-37-26(38)16-36(25-11-8-20(14-34)12-24(25)31)28(40)30(37)17-35(18-30)23-5-3-4-21(13-23)27(39)41-2/h3-13H,15-18H2,1-2H3. The van der Waals surface area contributed by atoms with Crippen molar-refractivity contribution in [3.8, 4) is 6.07 Å². The van der Waals surface area contributed by atoms with Crippen LogP contribution >= 0.6 is 0 Å². The van der Waals surface area contributed by atoms with Gasteiger partial charge in [-0.2, -0.15) is 5.26 Å². The molecule has 5 rings (SSSR count). The third-order valence-electron chi connectivity index (χ3n) is 7.46. The second-order valence-electron chi connectivity index (χ2n) is 10.2. The minimum absolute atomic E-state index is 0.0279. The number of methoxy groups -OCH3 is 1. The zero-order valence-corrected chi connectivity index (χ0v) is 22.2. The predicted molar refractivity (Wildman–Crippen MR) is 143 cm³/mol. The van der Waals surface area contributed by atoms with E-state index >= 15 is 0 Å². The maximum absolute atomic E-state index is 15.0. The first-order valence-electron chi connectivity index (χ1n) is 12.7. The molecular formula is C30H25F3N4O4. The molecule has 0 bridgehead atoms. The van der Waals surface area contributed by atoms with Crippen LogP contribution in [0.15, 0.2) is 66.7 Å². The summed E-state index contributed by atoms with van der Waals surface area (Å²) in [5.41, 5.74) is -0.160. The van der Waals surface area contributed by atoms with Crippen LogP contribution in [0.4, 0.5) is 24.5 Å². The molecule has 0 atom stereocenters. The van der Waals surface area contributed by atoms with Crippen molar-refractivity contribution in [1.82, 2.24) is 4.90 Å². The number of carbonyl (C=O) groups is 3. The lowest BCUT2D eigenvalue weighted by Gasteiger charge is -2.58. The summed E-state index contributed by atoms with van der Waals surface area (Å²) in [5.74, 6) is -5.35. The molecule has 2 heterocycles. The van der Waals surface area contributed by atoms with E-state index in [1.54, 1.807) is 24.3 Å². The van der Waals surface area contributed by atoms with Gasteiger partial charge in [0.1, 0.15) is 12.4 Å². The lowest BCUT2D eigenvalue weighted by atomic mass is 9.82. The Labute approximate surface area is 234 Å². The normalized spacial score (nSPS) is 16.4. The summed E-state index contributed by atoms with van der Waals surface area (Å²) in [7, 11) is 1.27. The molecule has 11 heteroatoms. The highest BCUT2D eigenvalue weighted by molar-refractivity contribution is 6.11. The summed E-state index contributed by atoms with van der Waals surface area (Å²) < 4.78 is 47.3. The van der Waals surface area contributed by atoms with Gasteiger partial charge in [-0.25, -0.2) is 18.0 Å². The number of halogens is 3. The molecule has 2 aliphatic rings. The van der Waals surface area contributed by atoms with Crippen molar-refractivity contribution in [3.05, 3.63) is 94.8 Å². The topological polar surface area (TPSA) is 94.0 Å². The Morgan fingerprint density at radius 1 is 1.07 bits per heavy atom. The molecule has 3 aromatic carbocycles. The molecule has 0 saturated carbocycles. The molecule has 8 nitrogen and oxygen atoms in total. The first-order chi connectivity index (χ1) is 19.5. The third-order valence-corrected chi connectivity index (χ3v) is 7.46. The van der Waals surface area contributed by atoms with Crippen molar-refractivity contribution >= 4 is 29.2 Å². The Balaban J connectivity index is 1.49.